The third-order valence-electron chi connectivity index (χ3n) is 2.47. The Hall–Kier alpha value is -1.61. The number of rotatable bonds is 4. The van der Waals surface area contributed by atoms with Crippen molar-refractivity contribution in [2.24, 2.45) is 0 Å². The molecule has 0 spiro atoms. The van der Waals surface area contributed by atoms with Gasteiger partial charge >= 0.3 is 0 Å². The smallest absolute Gasteiger partial charge is 0.191 e. The van der Waals surface area contributed by atoms with Crippen molar-refractivity contribution in [2.75, 3.05) is 11.9 Å². The van der Waals surface area contributed by atoms with Crippen molar-refractivity contribution in [3.05, 3.63) is 51.7 Å². The van der Waals surface area contributed by atoms with Crippen molar-refractivity contribution in [3.8, 4) is 0 Å². The highest BCUT2D eigenvalue weighted by atomic mass is 32.1. The van der Waals surface area contributed by atoms with Gasteiger partial charge in [-0.25, -0.2) is 0 Å². The molecule has 0 unspecified atom stereocenters. The van der Waals surface area contributed by atoms with E-state index in [-0.39, 0.29) is 5.78 Å². The molecule has 0 aliphatic rings. The number of nitrogens with one attached hydrogen (secondary N) is 1. The average molecular weight is 245 g/mol. The largest absolute Gasteiger partial charge is 0.378 e. The van der Waals surface area contributed by atoms with Crippen LogP contribution in [0.2, 0.25) is 0 Å². The summed E-state index contributed by atoms with van der Waals surface area (Å²) in [5.41, 5.74) is 3.42. The fourth-order valence-corrected chi connectivity index (χ4v) is 2.45. The summed E-state index contributed by atoms with van der Waals surface area (Å²) < 4.78 is 0. The quantitative estimate of drug-likeness (QED) is 0.833. The van der Waals surface area contributed by atoms with Crippen LogP contribution in [0.15, 0.2) is 35.7 Å². The molecular formula is C14H15NOS. The van der Waals surface area contributed by atoms with Gasteiger partial charge in [-0.1, -0.05) is 12.1 Å². The minimum atomic E-state index is 0.138. The lowest BCUT2D eigenvalue weighted by Gasteiger charge is -2.07. The van der Waals surface area contributed by atoms with Crippen LogP contribution in [0.3, 0.4) is 0 Å². The van der Waals surface area contributed by atoms with Gasteiger partial charge in [0.1, 0.15) is 0 Å². The van der Waals surface area contributed by atoms with Gasteiger partial charge < -0.3 is 5.32 Å². The second kappa shape index (κ2) is 5.15. The van der Waals surface area contributed by atoms with Gasteiger partial charge in [-0.2, -0.15) is 0 Å². The highest BCUT2D eigenvalue weighted by Gasteiger charge is 2.06. The van der Waals surface area contributed by atoms with Crippen LogP contribution >= 0.6 is 11.3 Å². The van der Waals surface area contributed by atoms with E-state index in [0.29, 0.717) is 6.54 Å². The fraction of sp³-hybridized carbons (Fsp3) is 0.214. The van der Waals surface area contributed by atoms with Gasteiger partial charge in [-0.05, 0) is 48.6 Å². The Kier molecular flexibility index (Phi) is 3.59. The molecule has 1 heterocycles. The number of hydrogen-bond acceptors (Lipinski definition) is 3. The SMILES string of the molecule is Cc1cc(C)cc(NCC(=O)c2cccs2)c1. The number of ketones is 1. The first-order valence-electron chi connectivity index (χ1n) is 5.54. The molecule has 0 saturated heterocycles. The lowest BCUT2D eigenvalue weighted by Crippen LogP contribution is -2.12. The van der Waals surface area contributed by atoms with E-state index in [1.807, 2.05) is 17.5 Å². The number of Topliss-reactive ketones (excluding diaryl/α,β-unsaturated/α-hetero) is 1. The van der Waals surface area contributed by atoms with Crippen LogP contribution in [0.1, 0.15) is 20.8 Å². The third-order valence-corrected chi connectivity index (χ3v) is 3.38. The summed E-state index contributed by atoms with van der Waals surface area (Å²) in [7, 11) is 0. The van der Waals surface area contributed by atoms with Gasteiger partial charge in [0.25, 0.3) is 0 Å². The van der Waals surface area contributed by atoms with Gasteiger partial charge in [0.15, 0.2) is 5.78 Å². The number of carbonyl (C=O) groups excluding carboxylic acids is 1. The second-order valence-corrected chi connectivity index (χ2v) is 5.08. The molecule has 88 valence electrons. The first kappa shape index (κ1) is 11.9. The van der Waals surface area contributed by atoms with Crippen molar-refractivity contribution in [2.45, 2.75) is 13.8 Å². The maximum atomic E-state index is 11.8. The predicted octanol–water partition coefficient (Wildman–Crippen LogP) is 3.66. The molecule has 0 bridgehead atoms. The van der Waals surface area contributed by atoms with Crippen LogP contribution in [0.5, 0.6) is 0 Å². The molecule has 0 aliphatic heterocycles. The lowest BCUT2D eigenvalue weighted by molar-refractivity contribution is 0.101. The van der Waals surface area contributed by atoms with E-state index < -0.39 is 0 Å². The van der Waals surface area contributed by atoms with E-state index >= 15 is 0 Å². The van der Waals surface area contributed by atoms with Crippen molar-refractivity contribution >= 4 is 22.8 Å². The van der Waals surface area contributed by atoms with E-state index in [4.69, 9.17) is 0 Å². The molecule has 2 aromatic rings. The van der Waals surface area contributed by atoms with Crippen molar-refractivity contribution in [3.63, 3.8) is 0 Å². The molecule has 1 aromatic heterocycles. The molecule has 0 radical (unpaired) electrons. The number of anilines is 1. The summed E-state index contributed by atoms with van der Waals surface area (Å²) in [5, 5.41) is 5.09. The number of carbonyl (C=O) groups is 1. The molecule has 2 rings (SSSR count). The Morgan fingerprint density at radius 2 is 1.94 bits per heavy atom. The Labute approximate surface area is 105 Å². The van der Waals surface area contributed by atoms with E-state index in [9.17, 15) is 4.79 Å². The van der Waals surface area contributed by atoms with E-state index in [2.05, 4.69) is 37.4 Å². The number of benzene rings is 1. The van der Waals surface area contributed by atoms with Crippen molar-refractivity contribution in [1.82, 2.24) is 0 Å². The third kappa shape index (κ3) is 3.17. The zero-order chi connectivity index (χ0) is 12.3. The summed E-state index contributed by atoms with van der Waals surface area (Å²) in [4.78, 5) is 12.6. The minimum Gasteiger partial charge on any atom is -0.378 e. The van der Waals surface area contributed by atoms with Gasteiger partial charge in [0, 0.05) is 5.69 Å². The summed E-state index contributed by atoms with van der Waals surface area (Å²) >= 11 is 1.48. The normalized spacial score (nSPS) is 10.2. The van der Waals surface area contributed by atoms with Gasteiger partial charge in [-0.15, -0.1) is 11.3 Å². The summed E-state index contributed by atoms with van der Waals surface area (Å²) in [5.74, 6) is 0.138. The Morgan fingerprint density at radius 1 is 1.24 bits per heavy atom. The van der Waals surface area contributed by atoms with Crippen LogP contribution in [-0.2, 0) is 0 Å². The zero-order valence-corrected chi connectivity index (χ0v) is 10.8. The average Bonchev–Trinajstić information content (AvgIpc) is 2.78. The van der Waals surface area contributed by atoms with Crippen LogP contribution < -0.4 is 5.32 Å². The highest BCUT2D eigenvalue weighted by Crippen LogP contribution is 2.14. The van der Waals surface area contributed by atoms with Crippen molar-refractivity contribution < 1.29 is 4.79 Å². The van der Waals surface area contributed by atoms with Crippen LogP contribution in [0.4, 0.5) is 5.69 Å². The lowest BCUT2D eigenvalue weighted by atomic mass is 10.1. The molecular weight excluding hydrogens is 230 g/mol. The summed E-state index contributed by atoms with van der Waals surface area (Å²) in [6, 6.07) is 9.97. The molecule has 0 saturated carbocycles. The Balaban J connectivity index is 2.00. The topological polar surface area (TPSA) is 29.1 Å². The second-order valence-electron chi connectivity index (χ2n) is 4.13. The molecule has 0 amide bonds. The number of hydrogen-bond donors (Lipinski definition) is 1. The van der Waals surface area contributed by atoms with Crippen LogP contribution in [0.25, 0.3) is 0 Å². The van der Waals surface area contributed by atoms with Crippen molar-refractivity contribution in [1.29, 1.82) is 0 Å². The summed E-state index contributed by atoms with van der Waals surface area (Å²) in [6.45, 7) is 4.46. The van der Waals surface area contributed by atoms with Gasteiger partial charge in [-0.3, -0.25) is 4.79 Å². The standard InChI is InChI=1S/C14H15NOS/c1-10-6-11(2)8-12(7-10)15-9-13(16)14-4-3-5-17-14/h3-8,15H,9H2,1-2H3. The molecule has 1 N–H and O–H groups in total. The van der Waals surface area contributed by atoms with Gasteiger partial charge in [0.2, 0.25) is 0 Å². The Bertz CT molecular complexity index is 497. The molecule has 0 atom stereocenters. The van der Waals surface area contributed by atoms with Crippen LogP contribution in [0, 0.1) is 13.8 Å². The molecule has 0 fully saturated rings. The number of thiophene rings is 1. The van der Waals surface area contributed by atoms with Gasteiger partial charge in [0.05, 0.1) is 11.4 Å². The zero-order valence-electron chi connectivity index (χ0n) is 9.99. The summed E-state index contributed by atoms with van der Waals surface area (Å²) in [6.07, 6.45) is 0. The first-order valence-corrected chi connectivity index (χ1v) is 6.42. The highest BCUT2D eigenvalue weighted by molar-refractivity contribution is 7.12. The Morgan fingerprint density at radius 3 is 2.53 bits per heavy atom. The maximum Gasteiger partial charge on any atom is 0.191 e. The molecule has 17 heavy (non-hydrogen) atoms. The van der Waals surface area contributed by atoms with Crippen LogP contribution in [-0.4, -0.2) is 12.3 Å². The van der Waals surface area contributed by atoms with E-state index in [0.717, 1.165) is 10.6 Å². The monoisotopic (exact) mass is 245 g/mol. The molecule has 2 nitrogen and oxygen atoms in total. The number of aryl methyl sites for hydroxylation is 2. The molecule has 1 aromatic carbocycles. The van der Waals surface area contributed by atoms with E-state index in [1.165, 1.54) is 22.5 Å². The first-order chi connectivity index (χ1) is 8.15. The molecule has 3 heteroatoms. The van der Waals surface area contributed by atoms with E-state index in [1.54, 1.807) is 0 Å². The maximum absolute atomic E-state index is 11.8. The minimum absolute atomic E-state index is 0.138. The predicted molar refractivity (Wildman–Crippen MR) is 73.1 cm³/mol. The molecule has 0 aliphatic carbocycles. The fourth-order valence-electron chi connectivity index (χ4n) is 1.78.